The minimum absolute atomic E-state index is 0.0669. The monoisotopic (exact) mass is 305 g/mol. The third kappa shape index (κ3) is 1.95. The quantitative estimate of drug-likeness (QED) is 0.453. The predicted molar refractivity (Wildman–Crippen MR) is 87.8 cm³/mol. The Morgan fingerprint density at radius 2 is 1.77 bits per heavy atom. The Kier molecular flexibility index (Phi) is 2.87. The molecule has 0 unspecified atom stereocenters. The van der Waals surface area contributed by atoms with Crippen molar-refractivity contribution in [3.63, 3.8) is 0 Å². The van der Waals surface area contributed by atoms with Crippen molar-refractivity contribution < 1.29 is 4.79 Å². The average Bonchev–Trinajstić information content (AvgIpc) is 3.01. The number of rotatable bonds is 2. The van der Waals surface area contributed by atoms with Crippen LogP contribution in [0.3, 0.4) is 0 Å². The number of fused-ring (bicyclic) bond motifs is 3. The fraction of sp³-hybridized carbons (Fsp3) is 0. The van der Waals surface area contributed by atoms with Crippen molar-refractivity contribution in [2.24, 2.45) is 0 Å². The molecule has 2 aromatic carbocycles. The van der Waals surface area contributed by atoms with E-state index in [1.54, 1.807) is 22.7 Å². The van der Waals surface area contributed by atoms with Gasteiger partial charge in [-0.25, -0.2) is 4.98 Å². The lowest BCUT2D eigenvalue weighted by Gasteiger charge is -1.99. The molecule has 4 aromatic rings. The Labute approximate surface area is 131 Å². The van der Waals surface area contributed by atoms with Crippen LogP contribution in [0.15, 0.2) is 60.8 Å². The van der Waals surface area contributed by atoms with Crippen molar-refractivity contribution in [1.29, 1.82) is 0 Å². The summed E-state index contributed by atoms with van der Waals surface area (Å²) in [5.74, 6) is -0.0669. The second kappa shape index (κ2) is 4.89. The fourth-order valence-electron chi connectivity index (χ4n) is 2.55. The maximum Gasteiger partial charge on any atom is 0.210 e. The van der Waals surface area contributed by atoms with Crippen LogP contribution in [0.4, 0.5) is 0 Å². The molecule has 2 heterocycles. The highest BCUT2D eigenvalue weighted by Crippen LogP contribution is 2.19. The van der Waals surface area contributed by atoms with Gasteiger partial charge in [0.1, 0.15) is 11.3 Å². The molecule has 22 heavy (non-hydrogen) atoms. The smallest absolute Gasteiger partial charge is 0.210 e. The minimum atomic E-state index is -0.0669. The van der Waals surface area contributed by atoms with Crippen LogP contribution in [0.25, 0.3) is 16.6 Å². The molecule has 1 N–H and O–H groups in total. The highest BCUT2D eigenvalue weighted by molar-refractivity contribution is 7.71. The van der Waals surface area contributed by atoms with Gasteiger partial charge in [-0.05, 0) is 24.4 Å². The number of imidazole rings is 1. The third-order valence-electron chi connectivity index (χ3n) is 3.61. The number of aromatic amines is 1. The molecule has 0 aliphatic heterocycles. The largest absolute Gasteiger partial charge is 0.336 e. The van der Waals surface area contributed by atoms with E-state index in [9.17, 15) is 4.79 Å². The topological polar surface area (TPSA) is 50.2 Å². The molecule has 0 saturated heterocycles. The molecule has 5 heteroatoms. The molecule has 0 atom stereocenters. The molecule has 0 fully saturated rings. The number of para-hydroxylation sites is 1. The molecule has 0 spiro atoms. The third-order valence-corrected chi connectivity index (χ3v) is 3.90. The average molecular weight is 305 g/mol. The molecule has 0 amide bonds. The summed E-state index contributed by atoms with van der Waals surface area (Å²) in [6, 6.07) is 16.9. The van der Waals surface area contributed by atoms with E-state index >= 15 is 0 Å². The number of H-pyrrole nitrogens is 1. The summed E-state index contributed by atoms with van der Waals surface area (Å²) in [5, 5.41) is 0.934. The van der Waals surface area contributed by atoms with Gasteiger partial charge in [0.15, 0.2) is 0 Å². The van der Waals surface area contributed by atoms with Crippen LogP contribution < -0.4 is 0 Å². The second-order valence-corrected chi connectivity index (χ2v) is 5.36. The van der Waals surface area contributed by atoms with E-state index in [-0.39, 0.29) is 5.78 Å². The van der Waals surface area contributed by atoms with Gasteiger partial charge >= 0.3 is 0 Å². The lowest BCUT2D eigenvalue weighted by Crippen LogP contribution is -2.00. The standard InChI is InChI=1S/C17H11N3OS/c21-15(11-6-2-1-3-7-11)14-10-20-16(18-14)12-8-4-5-9-13(12)19-17(20)22/h1-10,18H. The summed E-state index contributed by atoms with van der Waals surface area (Å²) < 4.78 is 2.17. The second-order valence-electron chi connectivity index (χ2n) is 4.99. The molecule has 4 nitrogen and oxygen atoms in total. The van der Waals surface area contributed by atoms with Gasteiger partial charge in [0.2, 0.25) is 10.6 Å². The van der Waals surface area contributed by atoms with Gasteiger partial charge in [-0.15, -0.1) is 0 Å². The molecular formula is C17H11N3OS. The first-order chi connectivity index (χ1) is 10.7. The zero-order valence-corrected chi connectivity index (χ0v) is 12.3. The van der Waals surface area contributed by atoms with Crippen LogP contribution in [0.2, 0.25) is 0 Å². The molecule has 4 rings (SSSR count). The normalized spacial score (nSPS) is 11.1. The fourth-order valence-corrected chi connectivity index (χ4v) is 2.79. The highest BCUT2D eigenvalue weighted by Gasteiger charge is 2.13. The maximum atomic E-state index is 12.6. The van der Waals surface area contributed by atoms with Crippen molar-refractivity contribution in [1.82, 2.24) is 14.4 Å². The summed E-state index contributed by atoms with van der Waals surface area (Å²) >= 11 is 5.32. The summed E-state index contributed by atoms with van der Waals surface area (Å²) in [5.41, 5.74) is 2.73. The molecule has 0 aliphatic carbocycles. The zero-order chi connectivity index (χ0) is 15.1. The van der Waals surface area contributed by atoms with E-state index in [4.69, 9.17) is 12.2 Å². The molecular weight excluding hydrogens is 294 g/mol. The first-order valence-electron chi connectivity index (χ1n) is 6.84. The van der Waals surface area contributed by atoms with E-state index in [2.05, 4.69) is 9.97 Å². The van der Waals surface area contributed by atoms with Gasteiger partial charge in [-0.2, -0.15) is 0 Å². The number of aromatic nitrogens is 3. The van der Waals surface area contributed by atoms with Crippen molar-refractivity contribution in [2.45, 2.75) is 0 Å². The van der Waals surface area contributed by atoms with E-state index in [1.165, 1.54) is 0 Å². The van der Waals surface area contributed by atoms with Gasteiger partial charge in [-0.1, -0.05) is 42.5 Å². The summed E-state index contributed by atoms with van der Waals surface area (Å²) in [4.78, 5) is 20.1. The van der Waals surface area contributed by atoms with Crippen LogP contribution in [0, 0.1) is 4.77 Å². The number of benzene rings is 2. The summed E-state index contributed by atoms with van der Waals surface area (Å²) in [6.45, 7) is 0. The van der Waals surface area contributed by atoms with E-state index in [1.807, 2.05) is 42.5 Å². The first kappa shape index (κ1) is 12.9. The predicted octanol–water partition coefficient (Wildman–Crippen LogP) is 3.78. The van der Waals surface area contributed by atoms with Crippen molar-refractivity contribution >= 4 is 34.6 Å². The molecule has 2 aromatic heterocycles. The van der Waals surface area contributed by atoms with Crippen molar-refractivity contribution in [2.75, 3.05) is 0 Å². The van der Waals surface area contributed by atoms with Crippen LogP contribution in [-0.2, 0) is 0 Å². The van der Waals surface area contributed by atoms with Gasteiger partial charge in [-0.3, -0.25) is 9.20 Å². The van der Waals surface area contributed by atoms with Crippen LogP contribution in [0.1, 0.15) is 16.1 Å². The van der Waals surface area contributed by atoms with Crippen LogP contribution in [0.5, 0.6) is 0 Å². The Morgan fingerprint density at radius 3 is 2.59 bits per heavy atom. The first-order valence-corrected chi connectivity index (χ1v) is 7.25. The molecule has 106 valence electrons. The maximum absolute atomic E-state index is 12.6. The van der Waals surface area contributed by atoms with Crippen LogP contribution >= 0.6 is 12.2 Å². The highest BCUT2D eigenvalue weighted by atomic mass is 32.1. The lowest BCUT2D eigenvalue weighted by atomic mass is 10.1. The number of hydrogen-bond donors (Lipinski definition) is 1. The van der Waals surface area contributed by atoms with Crippen LogP contribution in [-0.4, -0.2) is 20.2 Å². The van der Waals surface area contributed by atoms with Crippen molar-refractivity contribution in [3.05, 3.63) is 76.8 Å². The number of nitrogens with one attached hydrogen (secondary N) is 1. The Morgan fingerprint density at radius 1 is 1.05 bits per heavy atom. The Bertz CT molecular complexity index is 1060. The zero-order valence-electron chi connectivity index (χ0n) is 11.5. The summed E-state index contributed by atoms with van der Waals surface area (Å²) in [6.07, 6.45) is 1.71. The van der Waals surface area contributed by atoms with E-state index in [0.29, 0.717) is 16.0 Å². The Hall–Kier alpha value is -2.79. The number of nitrogens with zero attached hydrogens (tertiary/aromatic N) is 2. The number of carbonyl (C=O) groups excluding carboxylic acids is 1. The SMILES string of the molecule is O=C(c1ccccc1)c1cn2c(=S)nc3ccccc3c2[nH]1. The van der Waals surface area contributed by atoms with Gasteiger partial charge in [0.25, 0.3) is 0 Å². The van der Waals surface area contributed by atoms with Gasteiger partial charge in [0, 0.05) is 17.1 Å². The number of carbonyl (C=O) groups is 1. The minimum Gasteiger partial charge on any atom is -0.336 e. The van der Waals surface area contributed by atoms with Gasteiger partial charge in [0.05, 0.1) is 5.52 Å². The Balaban J connectivity index is 1.98. The van der Waals surface area contributed by atoms with Gasteiger partial charge < -0.3 is 4.98 Å². The molecule has 0 bridgehead atoms. The van der Waals surface area contributed by atoms with Crippen molar-refractivity contribution in [3.8, 4) is 0 Å². The van der Waals surface area contributed by atoms with E-state index < -0.39 is 0 Å². The number of hydrogen-bond acceptors (Lipinski definition) is 3. The lowest BCUT2D eigenvalue weighted by molar-refractivity contribution is 0.103. The molecule has 0 aliphatic rings. The molecule has 0 radical (unpaired) electrons. The van der Waals surface area contributed by atoms with E-state index in [0.717, 1.165) is 16.6 Å². The molecule has 0 saturated carbocycles. The number of ketones is 1. The summed E-state index contributed by atoms with van der Waals surface area (Å²) in [7, 11) is 0.